The molecule has 26 heavy (non-hydrogen) atoms. The van der Waals surface area contributed by atoms with Crippen LogP contribution in [0.4, 0.5) is 10.5 Å². The van der Waals surface area contributed by atoms with Crippen LogP contribution >= 0.6 is 0 Å². The van der Waals surface area contributed by atoms with Crippen LogP contribution in [0.25, 0.3) is 10.9 Å². The van der Waals surface area contributed by atoms with E-state index in [4.69, 9.17) is 10.00 Å². The lowest BCUT2D eigenvalue weighted by Gasteiger charge is -2.14. The Bertz CT molecular complexity index is 1010. The van der Waals surface area contributed by atoms with Crippen LogP contribution in [-0.4, -0.2) is 43.5 Å². The Kier molecular flexibility index (Phi) is 3.80. The summed E-state index contributed by atoms with van der Waals surface area (Å²) in [7, 11) is 0. The number of rotatable bonds is 4. The van der Waals surface area contributed by atoms with Crippen molar-refractivity contribution >= 4 is 22.7 Å². The molecule has 9 nitrogen and oxygen atoms in total. The van der Waals surface area contributed by atoms with Gasteiger partial charge in [-0.1, -0.05) is 5.21 Å². The van der Waals surface area contributed by atoms with E-state index in [0.29, 0.717) is 13.1 Å². The lowest BCUT2D eigenvalue weighted by molar-refractivity contribution is 0.129. The van der Waals surface area contributed by atoms with E-state index in [0.717, 1.165) is 16.6 Å². The van der Waals surface area contributed by atoms with Gasteiger partial charge in [0.15, 0.2) is 5.69 Å². The van der Waals surface area contributed by atoms with Crippen LogP contribution in [0.3, 0.4) is 0 Å². The molecule has 2 aromatic heterocycles. The molecule has 1 atom stereocenters. The summed E-state index contributed by atoms with van der Waals surface area (Å²) in [6, 6.07) is 7.99. The van der Waals surface area contributed by atoms with Gasteiger partial charge in [0.1, 0.15) is 12.2 Å². The zero-order chi connectivity index (χ0) is 18.3. The lowest BCUT2D eigenvalue weighted by atomic mass is 10.2. The fourth-order valence-electron chi connectivity index (χ4n) is 3.09. The first-order valence-corrected chi connectivity index (χ1v) is 8.31. The number of cyclic esters (lactones) is 1. The molecule has 0 bridgehead atoms. The maximum Gasteiger partial charge on any atom is 0.414 e. The van der Waals surface area contributed by atoms with Crippen molar-refractivity contribution in [3.63, 3.8) is 0 Å². The van der Waals surface area contributed by atoms with Gasteiger partial charge in [-0.3, -0.25) is 9.58 Å². The highest BCUT2D eigenvalue weighted by molar-refractivity contribution is 5.93. The molecule has 3 heterocycles. The molecule has 0 radical (unpaired) electrons. The molecule has 0 N–H and O–H groups in total. The highest BCUT2D eigenvalue weighted by atomic mass is 16.6. The van der Waals surface area contributed by atoms with Gasteiger partial charge in [0.05, 0.1) is 31.0 Å². The van der Waals surface area contributed by atoms with E-state index in [1.165, 1.54) is 10.9 Å². The normalized spacial score (nSPS) is 17.1. The van der Waals surface area contributed by atoms with Gasteiger partial charge in [0.25, 0.3) is 0 Å². The van der Waals surface area contributed by atoms with Crippen LogP contribution in [0, 0.1) is 11.3 Å². The Morgan fingerprint density at radius 2 is 2.27 bits per heavy atom. The number of aromatic nitrogens is 5. The predicted molar refractivity (Wildman–Crippen MR) is 92.5 cm³/mol. The zero-order valence-electron chi connectivity index (χ0n) is 14.4. The maximum atomic E-state index is 12.3. The average molecular weight is 351 g/mol. The number of hydrogen-bond donors (Lipinski definition) is 0. The van der Waals surface area contributed by atoms with Crippen molar-refractivity contribution in [2.45, 2.75) is 32.5 Å². The second kappa shape index (κ2) is 6.15. The quantitative estimate of drug-likeness (QED) is 0.713. The van der Waals surface area contributed by atoms with Gasteiger partial charge in [-0.2, -0.15) is 10.4 Å². The molecule has 0 saturated carbocycles. The number of nitrogens with zero attached hydrogens (tertiary/aromatic N) is 7. The summed E-state index contributed by atoms with van der Waals surface area (Å²) in [6.07, 6.45) is 2.58. The van der Waals surface area contributed by atoms with Crippen LogP contribution in [0.5, 0.6) is 0 Å². The first kappa shape index (κ1) is 16.1. The number of hydrogen-bond acceptors (Lipinski definition) is 6. The van der Waals surface area contributed by atoms with Crippen molar-refractivity contribution in [1.82, 2.24) is 24.8 Å². The standard InChI is InChI=1S/C17H17N7O2/c1-11(2)24-16-4-3-14(5-12(16)7-19-24)23-10-15(26-17(23)25)9-22-8-13(6-18)20-21-22/h3-5,7-8,11,15H,9-10H2,1-2H3. The highest BCUT2D eigenvalue weighted by Gasteiger charge is 2.33. The molecule has 1 unspecified atom stereocenters. The zero-order valence-corrected chi connectivity index (χ0v) is 14.4. The van der Waals surface area contributed by atoms with Crippen molar-refractivity contribution in [3.8, 4) is 6.07 Å². The minimum absolute atomic E-state index is 0.235. The SMILES string of the molecule is CC(C)n1ncc2cc(N3CC(Cn4cc(C#N)nn4)OC3=O)ccc21. The third-order valence-corrected chi connectivity index (χ3v) is 4.30. The van der Waals surface area contributed by atoms with E-state index in [-0.39, 0.29) is 17.8 Å². The molecular formula is C17H17N7O2. The largest absolute Gasteiger partial charge is 0.442 e. The minimum atomic E-state index is -0.397. The number of nitriles is 1. The van der Waals surface area contributed by atoms with Crippen LogP contribution in [0.2, 0.25) is 0 Å². The molecule has 1 fully saturated rings. The summed E-state index contributed by atoms with van der Waals surface area (Å²) < 4.78 is 8.88. The maximum absolute atomic E-state index is 12.3. The van der Waals surface area contributed by atoms with Crippen molar-refractivity contribution in [1.29, 1.82) is 5.26 Å². The molecule has 0 spiro atoms. The van der Waals surface area contributed by atoms with E-state index in [9.17, 15) is 4.79 Å². The number of anilines is 1. The fraction of sp³-hybridized carbons (Fsp3) is 0.353. The highest BCUT2D eigenvalue weighted by Crippen LogP contribution is 2.27. The summed E-state index contributed by atoms with van der Waals surface area (Å²) in [5.74, 6) is 0. The molecule has 3 aromatic rings. The molecule has 1 amide bonds. The van der Waals surface area contributed by atoms with Crippen molar-refractivity contribution < 1.29 is 9.53 Å². The van der Waals surface area contributed by atoms with E-state index >= 15 is 0 Å². The van der Waals surface area contributed by atoms with Crippen LogP contribution < -0.4 is 4.90 Å². The van der Waals surface area contributed by atoms with Gasteiger partial charge >= 0.3 is 6.09 Å². The summed E-state index contributed by atoms with van der Waals surface area (Å²) in [5, 5.41) is 21.7. The van der Waals surface area contributed by atoms with Crippen molar-refractivity contribution in [2.24, 2.45) is 0 Å². The molecule has 1 saturated heterocycles. The number of ether oxygens (including phenoxy) is 1. The number of carbonyl (C=O) groups is 1. The number of carbonyl (C=O) groups excluding carboxylic acids is 1. The summed E-state index contributed by atoms with van der Waals surface area (Å²) in [4.78, 5) is 13.9. The molecule has 4 rings (SSSR count). The number of amides is 1. The molecule has 1 aromatic carbocycles. The van der Waals surface area contributed by atoms with Crippen molar-refractivity contribution in [2.75, 3.05) is 11.4 Å². The van der Waals surface area contributed by atoms with Crippen molar-refractivity contribution in [3.05, 3.63) is 36.3 Å². The predicted octanol–water partition coefficient (Wildman–Crippen LogP) is 2.11. The Morgan fingerprint density at radius 1 is 1.42 bits per heavy atom. The van der Waals surface area contributed by atoms with Gasteiger partial charge in [-0.15, -0.1) is 5.10 Å². The Balaban J connectivity index is 1.53. The molecule has 1 aliphatic heterocycles. The minimum Gasteiger partial charge on any atom is -0.442 e. The molecular weight excluding hydrogens is 334 g/mol. The topological polar surface area (TPSA) is 102 Å². The summed E-state index contributed by atoms with van der Waals surface area (Å²) in [6.45, 7) is 4.91. The lowest BCUT2D eigenvalue weighted by Crippen LogP contribution is -2.26. The van der Waals surface area contributed by atoms with Crippen LogP contribution in [-0.2, 0) is 11.3 Å². The second-order valence-corrected chi connectivity index (χ2v) is 6.48. The fourth-order valence-corrected chi connectivity index (χ4v) is 3.09. The first-order valence-electron chi connectivity index (χ1n) is 8.31. The van der Waals surface area contributed by atoms with E-state index < -0.39 is 6.09 Å². The Hall–Kier alpha value is -3.41. The van der Waals surface area contributed by atoms with E-state index in [1.807, 2.05) is 29.0 Å². The van der Waals surface area contributed by atoms with Gasteiger partial charge in [-0.05, 0) is 32.0 Å². The first-order chi connectivity index (χ1) is 12.5. The molecule has 0 aliphatic carbocycles. The summed E-state index contributed by atoms with van der Waals surface area (Å²) >= 11 is 0. The van der Waals surface area contributed by atoms with Gasteiger partial charge in [-0.25, -0.2) is 9.48 Å². The number of fused-ring (bicyclic) bond motifs is 1. The Labute approximate surface area is 149 Å². The van der Waals surface area contributed by atoms with Crippen LogP contribution in [0.15, 0.2) is 30.6 Å². The second-order valence-electron chi connectivity index (χ2n) is 6.48. The Morgan fingerprint density at radius 3 is 3.00 bits per heavy atom. The van der Waals surface area contributed by atoms with Gasteiger partial charge < -0.3 is 4.74 Å². The van der Waals surface area contributed by atoms with Gasteiger partial charge in [0.2, 0.25) is 0 Å². The smallest absolute Gasteiger partial charge is 0.414 e. The summed E-state index contributed by atoms with van der Waals surface area (Å²) in [5.41, 5.74) is 2.03. The van der Waals surface area contributed by atoms with Gasteiger partial charge in [0, 0.05) is 17.1 Å². The molecule has 1 aliphatic rings. The molecule has 9 heteroatoms. The molecule has 132 valence electrons. The number of benzene rings is 1. The monoisotopic (exact) mass is 351 g/mol. The third-order valence-electron chi connectivity index (χ3n) is 4.30. The van der Waals surface area contributed by atoms with E-state index in [1.54, 1.807) is 11.1 Å². The average Bonchev–Trinajstić information content (AvgIpc) is 3.32. The third kappa shape index (κ3) is 2.75. The van der Waals surface area contributed by atoms with Crippen LogP contribution in [0.1, 0.15) is 25.6 Å². The van der Waals surface area contributed by atoms with E-state index in [2.05, 4.69) is 29.3 Å².